The Hall–Kier alpha value is -2.24. The largest absolute Gasteiger partial charge is 0.496 e. The van der Waals surface area contributed by atoms with Gasteiger partial charge in [0.2, 0.25) is 0 Å². The number of ether oxygens (including phenoxy) is 1. The summed E-state index contributed by atoms with van der Waals surface area (Å²) in [6.45, 7) is 2.62. The van der Waals surface area contributed by atoms with Gasteiger partial charge in [0.05, 0.1) is 23.4 Å². The normalized spacial score (nSPS) is 18.8. The van der Waals surface area contributed by atoms with Gasteiger partial charge in [-0.1, -0.05) is 35.9 Å². The van der Waals surface area contributed by atoms with E-state index in [-0.39, 0.29) is 5.91 Å². The van der Waals surface area contributed by atoms with Gasteiger partial charge in [0.15, 0.2) is 0 Å². The van der Waals surface area contributed by atoms with Crippen molar-refractivity contribution in [1.82, 2.24) is 10.2 Å². The van der Waals surface area contributed by atoms with Crippen LogP contribution < -0.4 is 15.4 Å². The van der Waals surface area contributed by atoms with Crippen LogP contribution in [0.5, 0.6) is 5.75 Å². The number of benzene rings is 2. The van der Waals surface area contributed by atoms with Gasteiger partial charge in [-0.15, -0.1) is 0 Å². The first kappa shape index (κ1) is 17.2. The lowest BCUT2D eigenvalue weighted by molar-refractivity contribution is 0.0822. The Balaban J connectivity index is 1.46. The highest BCUT2D eigenvalue weighted by atomic mass is 35.5. The zero-order valence-electron chi connectivity index (χ0n) is 14.7. The van der Waals surface area contributed by atoms with E-state index in [9.17, 15) is 4.79 Å². The molecule has 0 saturated carbocycles. The summed E-state index contributed by atoms with van der Waals surface area (Å²) in [5.74, 6) is 0.822. The summed E-state index contributed by atoms with van der Waals surface area (Å²) in [7, 11) is 1.70. The third-order valence-electron chi connectivity index (χ3n) is 5.26. The number of anilines is 1. The van der Waals surface area contributed by atoms with Crippen LogP contribution in [0.25, 0.3) is 0 Å². The number of methoxy groups -OCH3 is 1. The van der Waals surface area contributed by atoms with Crippen LogP contribution in [0.2, 0.25) is 5.02 Å². The number of hydrogen-bond acceptors (Lipinski definition) is 4. The fraction of sp³-hybridized carbons (Fsp3) is 0.350. The maximum absolute atomic E-state index is 12.6. The van der Waals surface area contributed by atoms with Gasteiger partial charge in [-0.05, 0) is 18.2 Å². The molecule has 0 aromatic heterocycles. The molecule has 1 amide bonds. The minimum atomic E-state index is -0.397. The van der Waals surface area contributed by atoms with Crippen molar-refractivity contribution in [1.29, 1.82) is 0 Å². The average molecular weight is 372 g/mol. The lowest BCUT2D eigenvalue weighted by Gasteiger charge is -2.46. The fourth-order valence-electron chi connectivity index (χ4n) is 3.85. The van der Waals surface area contributed by atoms with E-state index in [0.717, 1.165) is 43.9 Å². The highest BCUT2D eigenvalue weighted by Gasteiger charge is 2.40. The summed E-state index contributed by atoms with van der Waals surface area (Å²) in [5.41, 5.74) is 2.14. The number of amides is 1. The van der Waals surface area contributed by atoms with Crippen molar-refractivity contribution in [3.8, 4) is 5.75 Å². The number of para-hydroxylation sites is 1. The van der Waals surface area contributed by atoms with E-state index in [0.29, 0.717) is 10.6 Å². The zero-order chi connectivity index (χ0) is 18.1. The SMILES string of the molecule is COc1ccccc1CN1CCC2(CC1)NC(=O)c1c(Cl)cccc1N2. The molecule has 2 aromatic rings. The molecule has 136 valence electrons. The van der Waals surface area contributed by atoms with E-state index in [1.54, 1.807) is 13.2 Å². The van der Waals surface area contributed by atoms with Crippen LogP contribution in [0.4, 0.5) is 5.69 Å². The molecule has 6 heteroatoms. The Bertz CT molecular complexity index is 832. The molecule has 5 nitrogen and oxygen atoms in total. The molecule has 0 aliphatic carbocycles. The van der Waals surface area contributed by atoms with Crippen LogP contribution in [0.3, 0.4) is 0 Å². The van der Waals surface area contributed by atoms with Gasteiger partial charge in [-0.2, -0.15) is 0 Å². The van der Waals surface area contributed by atoms with Crippen molar-refractivity contribution >= 4 is 23.2 Å². The highest BCUT2D eigenvalue weighted by molar-refractivity contribution is 6.34. The molecule has 4 rings (SSSR count). The van der Waals surface area contributed by atoms with E-state index < -0.39 is 5.66 Å². The first-order chi connectivity index (χ1) is 12.6. The van der Waals surface area contributed by atoms with E-state index in [1.807, 2.05) is 30.3 Å². The first-order valence-corrected chi connectivity index (χ1v) is 9.21. The number of carbonyl (C=O) groups is 1. The van der Waals surface area contributed by atoms with Crippen LogP contribution in [0, 0.1) is 0 Å². The molecule has 1 fully saturated rings. The molecule has 0 bridgehead atoms. The number of nitrogens with one attached hydrogen (secondary N) is 2. The molecule has 0 unspecified atom stereocenters. The molecule has 0 radical (unpaired) electrons. The molecule has 0 atom stereocenters. The number of carbonyl (C=O) groups excluding carboxylic acids is 1. The second-order valence-corrected chi connectivity index (χ2v) is 7.32. The predicted octanol–water partition coefficient (Wildman–Crippen LogP) is 3.50. The Kier molecular flexibility index (Phi) is 4.51. The zero-order valence-corrected chi connectivity index (χ0v) is 15.5. The van der Waals surface area contributed by atoms with E-state index >= 15 is 0 Å². The van der Waals surface area contributed by atoms with Gasteiger partial charge in [0.25, 0.3) is 5.91 Å². The summed E-state index contributed by atoms with van der Waals surface area (Å²) >= 11 is 6.19. The standard InChI is InChI=1S/C20H22ClN3O2/c1-26-17-8-3-2-5-14(17)13-24-11-9-20(10-12-24)22-16-7-4-6-15(21)18(16)19(25)23-20/h2-8,22H,9-13H2,1H3,(H,23,25). The monoisotopic (exact) mass is 371 g/mol. The quantitative estimate of drug-likeness (QED) is 0.867. The van der Waals surface area contributed by atoms with Crippen LogP contribution in [0.15, 0.2) is 42.5 Å². The third kappa shape index (κ3) is 3.13. The molecular weight excluding hydrogens is 350 g/mol. The summed E-state index contributed by atoms with van der Waals surface area (Å²) in [5, 5.41) is 7.16. The smallest absolute Gasteiger partial charge is 0.256 e. The van der Waals surface area contributed by atoms with Gasteiger partial charge in [0.1, 0.15) is 11.4 Å². The summed E-state index contributed by atoms with van der Waals surface area (Å²) in [6.07, 6.45) is 1.67. The Morgan fingerprint density at radius 3 is 2.65 bits per heavy atom. The first-order valence-electron chi connectivity index (χ1n) is 8.84. The molecule has 2 aliphatic heterocycles. The second kappa shape index (κ2) is 6.82. The summed E-state index contributed by atoms with van der Waals surface area (Å²) < 4.78 is 5.45. The minimum absolute atomic E-state index is 0.0949. The van der Waals surface area contributed by atoms with Gasteiger partial charge < -0.3 is 15.4 Å². The lowest BCUT2D eigenvalue weighted by atomic mass is 9.92. The van der Waals surface area contributed by atoms with Crippen molar-refractivity contribution in [2.45, 2.75) is 25.0 Å². The average Bonchev–Trinajstić information content (AvgIpc) is 2.64. The topological polar surface area (TPSA) is 53.6 Å². The molecule has 2 aliphatic rings. The maximum Gasteiger partial charge on any atom is 0.256 e. The molecule has 1 spiro atoms. The number of fused-ring (bicyclic) bond motifs is 1. The van der Waals surface area contributed by atoms with Gasteiger partial charge >= 0.3 is 0 Å². The Labute approximate surface area is 158 Å². The van der Waals surface area contributed by atoms with Crippen LogP contribution in [0.1, 0.15) is 28.8 Å². The van der Waals surface area contributed by atoms with Gasteiger partial charge in [-0.25, -0.2) is 0 Å². The van der Waals surface area contributed by atoms with Crippen LogP contribution in [-0.4, -0.2) is 36.7 Å². The van der Waals surface area contributed by atoms with Crippen LogP contribution in [-0.2, 0) is 6.54 Å². The Morgan fingerprint density at radius 2 is 1.88 bits per heavy atom. The highest BCUT2D eigenvalue weighted by Crippen LogP contribution is 2.35. The minimum Gasteiger partial charge on any atom is -0.496 e. The molecule has 26 heavy (non-hydrogen) atoms. The van der Waals surface area contributed by atoms with Gasteiger partial charge in [-0.3, -0.25) is 9.69 Å². The van der Waals surface area contributed by atoms with E-state index in [2.05, 4.69) is 21.6 Å². The van der Waals surface area contributed by atoms with Gasteiger partial charge in [0, 0.05) is 38.0 Å². The Morgan fingerprint density at radius 1 is 1.12 bits per heavy atom. The van der Waals surface area contributed by atoms with Crippen LogP contribution >= 0.6 is 11.6 Å². The molecule has 1 saturated heterocycles. The fourth-order valence-corrected chi connectivity index (χ4v) is 4.11. The van der Waals surface area contributed by atoms with Crippen molar-refractivity contribution in [2.75, 3.05) is 25.5 Å². The predicted molar refractivity (Wildman–Crippen MR) is 103 cm³/mol. The second-order valence-electron chi connectivity index (χ2n) is 6.91. The maximum atomic E-state index is 12.6. The molecule has 2 heterocycles. The number of piperidine rings is 1. The number of nitrogens with zero attached hydrogens (tertiary/aromatic N) is 1. The molecular formula is C20H22ClN3O2. The molecule has 2 N–H and O–H groups in total. The van der Waals surface area contributed by atoms with Crippen molar-refractivity contribution in [2.24, 2.45) is 0 Å². The summed E-state index contributed by atoms with van der Waals surface area (Å²) in [4.78, 5) is 15.0. The third-order valence-corrected chi connectivity index (χ3v) is 5.58. The number of hydrogen-bond donors (Lipinski definition) is 2. The van der Waals surface area contributed by atoms with E-state index in [1.165, 1.54) is 5.56 Å². The van der Waals surface area contributed by atoms with Crippen molar-refractivity contribution in [3.05, 3.63) is 58.6 Å². The van der Waals surface area contributed by atoms with E-state index in [4.69, 9.17) is 16.3 Å². The van der Waals surface area contributed by atoms with Crippen molar-refractivity contribution in [3.63, 3.8) is 0 Å². The molecule has 2 aromatic carbocycles. The number of halogens is 1. The van der Waals surface area contributed by atoms with Crippen molar-refractivity contribution < 1.29 is 9.53 Å². The number of rotatable bonds is 3. The summed E-state index contributed by atoms with van der Waals surface area (Å²) in [6, 6.07) is 13.6. The lowest BCUT2D eigenvalue weighted by Crippen LogP contribution is -2.62. The number of likely N-dealkylation sites (tertiary alicyclic amines) is 1.